The predicted octanol–water partition coefficient (Wildman–Crippen LogP) is 2.25. The molecule has 25 heavy (non-hydrogen) atoms. The molecular weight excluding hydrogens is 316 g/mol. The summed E-state index contributed by atoms with van der Waals surface area (Å²) in [6, 6.07) is 8.35. The van der Waals surface area contributed by atoms with Crippen LogP contribution in [0.25, 0.3) is 0 Å². The fourth-order valence-electron chi connectivity index (χ4n) is 3.88. The van der Waals surface area contributed by atoms with Crippen LogP contribution in [-0.2, 0) is 14.9 Å². The van der Waals surface area contributed by atoms with Gasteiger partial charge in [0.05, 0.1) is 12.5 Å². The molecule has 2 saturated heterocycles. The number of amides is 1. The van der Waals surface area contributed by atoms with Crippen LogP contribution in [0.5, 0.6) is 5.75 Å². The van der Waals surface area contributed by atoms with E-state index in [1.165, 1.54) is 5.56 Å². The van der Waals surface area contributed by atoms with Gasteiger partial charge < -0.3 is 20.1 Å². The Labute approximate surface area is 150 Å². The molecule has 138 valence electrons. The molecule has 0 saturated carbocycles. The van der Waals surface area contributed by atoms with Crippen LogP contribution in [0.2, 0.25) is 0 Å². The highest BCUT2D eigenvalue weighted by Crippen LogP contribution is 2.35. The Kier molecular flexibility index (Phi) is 6.32. The molecule has 5 heteroatoms. The van der Waals surface area contributed by atoms with E-state index in [0.717, 1.165) is 57.7 Å². The molecule has 0 spiro atoms. The Bertz CT molecular complexity index is 547. The van der Waals surface area contributed by atoms with Crippen molar-refractivity contribution in [3.8, 4) is 5.75 Å². The summed E-state index contributed by atoms with van der Waals surface area (Å²) in [6.45, 7) is 6.65. The molecule has 0 bridgehead atoms. The van der Waals surface area contributed by atoms with Gasteiger partial charge in [0.1, 0.15) is 5.75 Å². The SMILES string of the molecule is CCOc1ccc(C2(CNC(=O)C3CCCNC3)CCOCC2)cc1. The van der Waals surface area contributed by atoms with Crippen molar-refractivity contribution in [1.82, 2.24) is 10.6 Å². The first-order valence-electron chi connectivity index (χ1n) is 9.53. The van der Waals surface area contributed by atoms with Gasteiger partial charge in [-0.1, -0.05) is 12.1 Å². The van der Waals surface area contributed by atoms with Crippen molar-refractivity contribution < 1.29 is 14.3 Å². The first kappa shape index (κ1) is 18.2. The van der Waals surface area contributed by atoms with Gasteiger partial charge in [-0.2, -0.15) is 0 Å². The van der Waals surface area contributed by atoms with Crippen LogP contribution in [-0.4, -0.2) is 45.4 Å². The molecule has 2 heterocycles. The molecule has 2 N–H and O–H groups in total. The van der Waals surface area contributed by atoms with E-state index >= 15 is 0 Å². The first-order chi connectivity index (χ1) is 12.2. The summed E-state index contributed by atoms with van der Waals surface area (Å²) in [7, 11) is 0. The van der Waals surface area contributed by atoms with Gasteiger partial charge in [-0.05, 0) is 56.8 Å². The molecule has 1 aromatic rings. The zero-order valence-electron chi connectivity index (χ0n) is 15.2. The van der Waals surface area contributed by atoms with Crippen molar-refractivity contribution in [2.45, 2.75) is 38.0 Å². The maximum absolute atomic E-state index is 12.6. The van der Waals surface area contributed by atoms with Crippen molar-refractivity contribution in [3.63, 3.8) is 0 Å². The molecule has 2 aliphatic rings. The normalized spacial score (nSPS) is 23.0. The predicted molar refractivity (Wildman–Crippen MR) is 97.9 cm³/mol. The van der Waals surface area contributed by atoms with Gasteiger partial charge in [-0.25, -0.2) is 0 Å². The topological polar surface area (TPSA) is 59.6 Å². The minimum Gasteiger partial charge on any atom is -0.494 e. The van der Waals surface area contributed by atoms with Crippen LogP contribution >= 0.6 is 0 Å². The largest absolute Gasteiger partial charge is 0.494 e. The Morgan fingerprint density at radius 3 is 2.72 bits per heavy atom. The standard InChI is InChI=1S/C20H30N2O3/c1-2-25-18-7-5-17(6-8-18)20(9-12-24-13-10-20)15-22-19(23)16-4-3-11-21-14-16/h5-8,16,21H,2-4,9-15H2,1H3,(H,22,23). The summed E-state index contributed by atoms with van der Waals surface area (Å²) in [5, 5.41) is 6.55. The Morgan fingerprint density at radius 2 is 2.08 bits per heavy atom. The summed E-state index contributed by atoms with van der Waals surface area (Å²) in [4.78, 5) is 12.6. The van der Waals surface area contributed by atoms with Crippen LogP contribution in [0.15, 0.2) is 24.3 Å². The average molecular weight is 346 g/mol. The van der Waals surface area contributed by atoms with Crippen LogP contribution in [0, 0.1) is 5.92 Å². The summed E-state index contributed by atoms with van der Waals surface area (Å²) < 4.78 is 11.1. The highest BCUT2D eigenvalue weighted by atomic mass is 16.5. The van der Waals surface area contributed by atoms with Crippen molar-refractivity contribution in [3.05, 3.63) is 29.8 Å². The third-order valence-corrected chi connectivity index (χ3v) is 5.50. The van der Waals surface area contributed by atoms with E-state index in [4.69, 9.17) is 9.47 Å². The molecule has 0 aromatic heterocycles. The highest BCUT2D eigenvalue weighted by Gasteiger charge is 2.35. The van der Waals surface area contributed by atoms with Gasteiger partial charge in [0.15, 0.2) is 0 Å². The lowest BCUT2D eigenvalue weighted by Gasteiger charge is -2.38. The van der Waals surface area contributed by atoms with Crippen LogP contribution in [0.4, 0.5) is 0 Å². The molecular formula is C20H30N2O3. The van der Waals surface area contributed by atoms with E-state index in [2.05, 4.69) is 22.8 Å². The van der Waals surface area contributed by atoms with Gasteiger partial charge in [0, 0.05) is 31.7 Å². The van der Waals surface area contributed by atoms with Crippen molar-refractivity contribution >= 4 is 5.91 Å². The molecule has 5 nitrogen and oxygen atoms in total. The maximum Gasteiger partial charge on any atom is 0.224 e. The van der Waals surface area contributed by atoms with Crippen molar-refractivity contribution in [1.29, 1.82) is 0 Å². The number of carbonyl (C=O) groups is 1. The number of carbonyl (C=O) groups excluding carboxylic acids is 1. The Balaban J connectivity index is 1.68. The number of ether oxygens (including phenoxy) is 2. The van der Waals surface area contributed by atoms with E-state index in [9.17, 15) is 4.79 Å². The lowest BCUT2D eigenvalue weighted by Crippen LogP contribution is -2.48. The second-order valence-electron chi connectivity index (χ2n) is 7.11. The molecule has 3 rings (SSSR count). The van der Waals surface area contributed by atoms with Crippen LogP contribution in [0.1, 0.15) is 38.2 Å². The number of piperidine rings is 1. The molecule has 0 radical (unpaired) electrons. The maximum atomic E-state index is 12.6. The van der Waals surface area contributed by atoms with E-state index in [1.54, 1.807) is 0 Å². The van der Waals surface area contributed by atoms with E-state index < -0.39 is 0 Å². The number of nitrogens with one attached hydrogen (secondary N) is 2. The second-order valence-corrected chi connectivity index (χ2v) is 7.11. The van der Waals surface area contributed by atoms with Crippen molar-refractivity contribution in [2.24, 2.45) is 5.92 Å². The molecule has 1 unspecified atom stereocenters. The van der Waals surface area contributed by atoms with E-state index in [1.807, 2.05) is 19.1 Å². The van der Waals surface area contributed by atoms with E-state index in [-0.39, 0.29) is 17.2 Å². The molecule has 2 fully saturated rings. The van der Waals surface area contributed by atoms with E-state index in [0.29, 0.717) is 13.2 Å². The summed E-state index contributed by atoms with van der Waals surface area (Å²) in [5.74, 6) is 1.18. The summed E-state index contributed by atoms with van der Waals surface area (Å²) >= 11 is 0. The number of hydrogen-bond donors (Lipinski definition) is 2. The van der Waals surface area contributed by atoms with Crippen molar-refractivity contribution in [2.75, 3.05) is 39.5 Å². The smallest absolute Gasteiger partial charge is 0.224 e. The summed E-state index contributed by atoms with van der Waals surface area (Å²) in [5.41, 5.74) is 1.22. The monoisotopic (exact) mass is 346 g/mol. The lowest BCUT2D eigenvalue weighted by molar-refractivity contribution is -0.126. The second kappa shape index (κ2) is 8.68. The minimum atomic E-state index is -0.0409. The highest BCUT2D eigenvalue weighted by molar-refractivity contribution is 5.79. The van der Waals surface area contributed by atoms with Crippen LogP contribution < -0.4 is 15.4 Å². The van der Waals surface area contributed by atoms with Gasteiger partial charge >= 0.3 is 0 Å². The Hall–Kier alpha value is -1.59. The third kappa shape index (κ3) is 4.53. The number of rotatable bonds is 6. The third-order valence-electron chi connectivity index (χ3n) is 5.50. The van der Waals surface area contributed by atoms with Gasteiger partial charge in [0.2, 0.25) is 5.91 Å². The van der Waals surface area contributed by atoms with Gasteiger partial charge in [0.25, 0.3) is 0 Å². The fraction of sp³-hybridized carbons (Fsp3) is 0.650. The Morgan fingerprint density at radius 1 is 1.32 bits per heavy atom. The zero-order valence-corrected chi connectivity index (χ0v) is 15.2. The average Bonchev–Trinajstić information content (AvgIpc) is 2.68. The lowest BCUT2D eigenvalue weighted by atomic mass is 9.74. The number of hydrogen-bond acceptors (Lipinski definition) is 4. The quantitative estimate of drug-likeness (QED) is 0.829. The molecule has 2 aliphatic heterocycles. The summed E-state index contributed by atoms with van der Waals surface area (Å²) in [6.07, 6.45) is 3.93. The van der Waals surface area contributed by atoms with Gasteiger partial charge in [-0.15, -0.1) is 0 Å². The van der Waals surface area contributed by atoms with Crippen LogP contribution in [0.3, 0.4) is 0 Å². The molecule has 1 atom stereocenters. The molecule has 0 aliphatic carbocycles. The molecule has 1 aromatic carbocycles. The zero-order chi connectivity index (χ0) is 17.5. The van der Waals surface area contributed by atoms with Gasteiger partial charge in [-0.3, -0.25) is 4.79 Å². The fourth-order valence-corrected chi connectivity index (χ4v) is 3.88. The number of benzene rings is 1. The first-order valence-corrected chi connectivity index (χ1v) is 9.53. The minimum absolute atomic E-state index is 0.0409. The molecule has 1 amide bonds.